The Bertz CT molecular complexity index is 628. The highest BCUT2D eigenvalue weighted by Gasteiger charge is 2.34. The second-order valence-electron chi connectivity index (χ2n) is 5.77. The summed E-state index contributed by atoms with van der Waals surface area (Å²) >= 11 is 0. The number of methoxy groups -OCH3 is 1. The van der Waals surface area contributed by atoms with Crippen LogP contribution in [0.1, 0.15) is 24.8 Å². The van der Waals surface area contributed by atoms with Crippen LogP contribution in [0.2, 0.25) is 0 Å². The Balaban J connectivity index is 1.87. The quantitative estimate of drug-likeness (QED) is 0.843. The van der Waals surface area contributed by atoms with Crippen LogP contribution in [0.3, 0.4) is 0 Å². The van der Waals surface area contributed by atoms with Crippen LogP contribution in [0.5, 0.6) is 5.75 Å². The fourth-order valence-corrected chi connectivity index (χ4v) is 3.93. The van der Waals surface area contributed by atoms with Crippen LogP contribution >= 0.6 is 0 Å². The lowest BCUT2D eigenvalue weighted by Gasteiger charge is -2.32. The number of nitrogens with one attached hydrogen (secondary N) is 1. The monoisotopic (exact) mass is 340 g/mol. The third-order valence-corrected chi connectivity index (χ3v) is 5.34. The maximum atomic E-state index is 12.3. The molecule has 0 bridgehead atoms. The molecule has 0 spiro atoms. The van der Waals surface area contributed by atoms with E-state index in [4.69, 9.17) is 4.74 Å². The second kappa shape index (κ2) is 7.79. The van der Waals surface area contributed by atoms with Crippen LogP contribution in [0.25, 0.3) is 0 Å². The van der Waals surface area contributed by atoms with Crippen molar-refractivity contribution in [2.75, 3.05) is 26.5 Å². The number of rotatable bonds is 6. The minimum absolute atomic E-state index is 0.205. The van der Waals surface area contributed by atoms with Crippen molar-refractivity contribution >= 4 is 15.9 Å². The summed E-state index contributed by atoms with van der Waals surface area (Å²) in [7, 11) is -1.73. The normalized spacial score (nSPS) is 19.3. The molecule has 128 valence electrons. The van der Waals surface area contributed by atoms with Crippen LogP contribution < -0.4 is 10.1 Å². The largest absolute Gasteiger partial charge is 0.497 e. The van der Waals surface area contributed by atoms with Crippen LogP contribution in [-0.4, -0.2) is 51.1 Å². The molecule has 1 aromatic rings. The van der Waals surface area contributed by atoms with Crippen molar-refractivity contribution in [2.45, 2.75) is 31.7 Å². The number of hydrogen-bond donors (Lipinski definition) is 1. The lowest BCUT2D eigenvalue weighted by Crippen LogP contribution is -2.51. The molecule has 1 heterocycles. The van der Waals surface area contributed by atoms with Crippen molar-refractivity contribution < 1.29 is 17.9 Å². The van der Waals surface area contributed by atoms with Crippen LogP contribution in [0.15, 0.2) is 24.3 Å². The van der Waals surface area contributed by atoms with Crippen molar-refractivity contribution in [3.05, 3.63) is 29.8 Å². The molecule has 0 radical (unpaired) electrons. The zero-order valence-electron chi connectivity index (χ0n) is 13.6. The molecule has 1 atom stereocenters. The van der Waals surface area contributed by atoms with Gasteiger partial charge >= 0.3 is 0 Å². The first-order valence-corrected chi connectivity index (χ1v) is 9.64. The molecule has 7 heteroatoms. The molecule has 1 aliphatic heterocycles. The average molecular weight is 340 g/mol. The number of nitrogens with zero attached hydrogens (tertiary/aromatic N) is 1. The van der Waals surface area contributed by atoms with Gasteiger partial charge in [0.25, 0.3) is 0 Å². The number of hydrogen-bond acceptors (Lipinski definition) is 4. The van der Waals surface area contributed by atoms with Gasteiger partial charge in [-0.2, -0.15) is 4.31 Å². The summed E-state index contributed by atoms with van der Waals surface area (Å²) in [6.07, 6.45) is 4.13. The number of piperidine rings is 1. The Morgan fingerprint density at radius 1 is 1.30 bits per heavy atom. The molecule has 23 heavy (non-hydrogen) atoms. The lowest BCUT2D eigenvalue weighted by molar-refractivity contribution is -0.125. The van der Waals surface area contributed by atoms with Crippen LogP contribution in [0.4, 0.5) is 0 Å². The van der Waals surface area contributed by atoms with E-state index in [1.807, 2.05) is 24.3 Å². The highest BCUT2D eigenvalue weighted by atomic mass is 32.2. The molecule has 1 amide bonds. The predicted octanol–water partition coefficient (Wildman–Crippen LogP) is 1.17. The van der Waals surface area contributed by atoms with E-state index in [1.165, 1.54) is 4.31 Å². The molecule has 1 aromatic carbocycles. The van der Waals surface area contributed by atoms with Gasteiger partial charge in [-0.05, 0) is 37.0 Å². The maximum Gasteiger partial charge on any atom is 0.238 e. The highest BCUT2D eigenvalue weighted by Crippen LogP contribution is 2.20. The van der Waals surface area contributed by atoms with Gasteiger partial charge in [0.15, 0.2) is 0 Å². The van der Waals surface area contributed by atoms with Gasteiger partial charge in [0.2, 0.25) is 15.9 Å². The van der Waals surface area contributed by atoms with Gasteiger partial charge in [-0.1, -0.05) is 18.6 Å². The van der Waals surface area contributed by atoms with Crippen molar-refractivity contribution in [1.82, 2.24) is 9.62 Å². The van der Waals surface area contributed by atoms with E-state index < -0.39 is 16.1 Å². The molecule has 2 rings (SSSR count). The molecule has 1 aliphatic rings. The fourth-order valence-electron chi connectivity index (χ4n) is 2.80. The second-order valence-corrected chi connectivity index (χ2v) is 7.71. The number of benzene rings is 1. The average Bonchev–Trinajstić information content (AvgIpc) is 2.54. The molecule has 0 aliphatic carbocycles. The van der Waals surface area contributed by atoms with E-state index in [9.17, 15) is 13.2 Å². The SMILES string of the molecule is COc1ccc(CCNC(=O)[C@H]2CCCCN2S(C)(=O)=O)cc1. The van der Waals surface area contributed by atoms with Crippen LogP contribution in [-0.2, 0) is 21.2 Å². The van der Waals surface area contributed by atoms with Crippen molar-refractivity contribution in [1.29, 1.82) is 0 Å². The Kier molecular flexibility index (Phi) is 6.01. The van der Waals surface area contributed by atoms with Gasteiger partial charge in [0.05, 0.1) is 13.4 Å². The molecule has 1 fully saturated rings. The van der Waals surface area contributed by atoms with E-state index in [2.05, 4.69) is 5.32 Å². The molecule has 0 aromatic heterocycles. The van der Waals surface area contributed by atoms with Crippen molar-refractivity contribution in [2.24, 2.45) is 0 Å². The summed E-state index contributed by atoms with van der Waals surface area (Å²) in [5.74, 6) is 0.590. The molecule has 6 nitrogen and oxygen atoms in total. The minimum Gasteiger partial charge on any atom is -0.497 e. The van der Waals surface area contributed by atoms with Crippen molar-refractivity contribution in [3.8, 4) is 5.75 Å². The topological polar surface area (TPSA) is 75.7 Å². The highest BCUT2D eigenvalue weighted by molar-refractivity contribution is 7.88. The first kappa shape index (κ1) is 17.7. The predicted molar refractivity (Wildman–Crippen MR) is 88.9 cm³/mol. The Hall–Kier alpha value is -1.60. The Morgan fingerprint density at radius 3 is 2.61 bits per heavy atom. The summed E-state index contributed by atoms with van der Waals surface area (Å²) in [6, 6.07) is 7.09. The smallest absolute Gasteiger partial charge is 0.238 e. The minimum atomic E-state index is -3.35. The van der Waals surface area contributed by atoms with E-state index >= 15 is 0 Å². The molecule has 1 N–H and O–H groups in total. The lowest BCUT2D eigenvalue weighted by atomic mass is 10.0. The molecular formula is C16H24N2O4S. The number of sulfonamides is 1. The van der Waals surface area contributed by atoms with Gasteiger partial charge in [-0.25, -0.2) is 8.42 Å². The maximum absolute atomic E-state index is 12.3. The summed E-state index contributed by atoms with van der Waals surface area (Å²) in [4.78, 5) is 12.3. The van der Waals surface area contributed by atoms with Gasteiger partial charge in [0.1, 0.15) is 11.8 Å². The number of amides is 1. The van der Waals surface area contributed by atoms with Crippen LogP contribution in [0, 0.1) is 0 Å². The van der Waals surface area contributed by atoms with Gasteiger partial charge in [-0.3, -0.25) is 4.79 Å². The first-order valence-electron chi connectivity index (χ1n) is 7.79. The number of carbonyl (C=O) groups is 1. The summed E-state index contributed by atoms with van der Waals surface area (Å²) < 4.78 is 30.0. The number of ether oxygens (including phenoxy) is 1. The van der Waals surface area contributed by atoms with E-state index in [0.717, 1.165) is 30.4 Å². The van der Waals surface area contributed by atoms with Crippen molar-refractivity contribution in [3.63, 3.8) is 0 Å². The zero-order chi connectivity index (χ0) is 16.9. The van der Waals surface area contributed by atoms with Gasteiger partial charge in [-0.15, -0.1) is 0 Å². The Morgan fingerprint density at radius 2 is 2.00 bits per heavy atom. The summed E-state index contributed by atoms with van der Waals surface area (Å²) in [6.45, 7) is 0.911. The standard InChI is InChI=1S/C16H24N2O4S/c1-22-14-8-6-13(7-9-14)10-11-17-16(19)15-5-3-4-12-18(15)23(2,20)21/h6-9,15H,3-5,10-12H2,1-2H3,(H,17,19)/t15-/m1/s1. The third kappa shape index (κ3) is 4.94. The van der Waals surface area contributed by atoms with Gasteiger partial charge < -0.3 is 10.1 Å². The van der Waals surface area contributed by atoms with E-state index in [-0.39, 0.29) is 5.91 Å². The van der Waals surface area contributed by atoms with Gasteiger partial charge in [0, 0.05) is 13.1 Å². The third-order valence-electron chi connectivity index (χ3n) is 4.05. The Labute approximate surface area is 137 Å². The summed E-state index contributed by atoms with van der Waals surface area (Å²) in [5.41, 5.74) is 1.09. The van der Waals surface area contributed by atoms with E-state index in [0.29, 0.717) is 25.9 Å². The first-order chi connectivity index (χ1) is 10.9. The molecule has 1 saturated heterocycles. The molecule has 0 saturated carbocycles. The number of carbonyl (C=O) groups excluding carboxylic acids is 1. The summed E-state index contributed by atoms with van der Waals surface area (Å²) in [5, 5.41) is 2.86. The zero-order valence-corrected chi connectivity index (χ0v) is 14.4. The van der Waals surface area contributed by atoms with E-state index in [1.54, 1.807) is 7.11 Å². The fraction of sp³-hybridized carbons (Fsp3) is 0.562. The molecule has 0 unspecified atom stereocenters. The molecular weight excluding hydrogens is 316 g/mol.